The van der Waals surface area contributed by atoms with Crippen molar-refractivity contribution in [2.75, 3.05) is 7.11 Å². The van der Waals surface area contributed by atoms with Crippen molar-refractivity contribution in [2.24, 2.45) is 0 Å². The summed E-state index contributed by atoms with van der Waals surface area (Å²) in [6, 6.07) is 5.26. The standard InChI is InChI=1S/C12H15BrO4/c1-7-3-4-8(5-9(7)13)12(16)10(14)6-11(15)17-2/h3-5,10,12,14,16H,6H2,1-2H3. The summed E-state index contributed by atoms with van der Waals surface area (Å²) in [7, 11) is 1.24. The summed E-state index contributed by atoms with van der Waals surface area (Å²) in [4.78, 5) is 11.0. The first-order valence-electron chi connectivity index (χ1n) is 5.14. The van der Waals surface area contributed by atoms with Gasteiger partial charge in [0.15, 0.2) is 0 Å². The fourth-order valence-electron chi connectivity index (χ4n) is 1.38. The smallest absolute Gasteiger partial charge is 0.308 e. The number of benzene rings is 1. The lowest BCUT2D eigenvalue weighted by Crippen LogP contribution is -2.22. The third kappa shape index (κ3) is 3.80. The van der Waals surface area contributed by atoms with E-state index in [0.717, 1.165) is 10.0 Å². The highest BCUT2D eigenvalue weighted by Gasteiger charge is 2.22. The number of aliphatic hydroxyl groups is 2. The summed E-state index contributed by atoms with van der Waals surface area (Å²) in [6.07, 6.45) is -2.51. The highest BCUT2D eigenvalue weighted by Crippen LogP contribution is 2.24. The Bertz CT molecular complexity index is 405. The summed E-state index contributed by atoms with van der Waals surface area (Å²) in [5, 5.41) is 19.5. The van der Waals surface area contributed by atoms with Crippen LogP contribution in [0.4, 0.5) is 0 Å². The Balaban J connectivity index is 2.77. The van der Waals surface area contributed by atoms with Crippen LogP contribution in [0.3, 0.4) is 0 Å². The van der Waals surface area contributed by atoms with E-state index in [9.17, 15) is 15.0 Å². The molecule has 0 aliphatic carbocycles. The summed E-state index contributed by atoms with van der Waals surface area (Å²) in [6.45, 7) is 1.92. The van der Waals surface area contributed by atoms with E-state index in [1.54, 1.807) is 12.1 Å². The highest BCUT2D eigenvalue weighted by atomic mass is 79.9. The van der Waals surface area contributed by atoms with Crippen LogP contribution in [0.5, 0.6) is 0 Å². The Labute approximate surface area is 108 Å². The van der Waals surface area contributed by atoms with Crippen LogP contribution in [0, 0.1) is 6.92 Å². The molecule has 2 unspecified atom stereocenters. The lowest BCUT2D eigenvalue weighted by Gasteiger charge is -2.17. The first kappa shape index (κ1) is 14.2. The molecule has 2 N–H and O–H groups in total. The third-order valence-corrected chi connectivity index (χ3v) is 3.36. The number of aryl methyl sites for hydroxylation is 1. The van der Waals surface area contributed by atoms with Crippen molar-refractivity contribution in [2.45, 2.75) is 25.6 Å². The summed E-state index contributed by atoms with van der Waals surface area (Å²) >= 11 is 3.34. The zero-order chi connectivity index (χ0) is 13.0. The van der Waals surface area contributed by atoms with E-state index in [1.807, 2.05) is 13.0 Å². The van der Waals surface area contributed by atoms with Gasteiger partial charge in [-0.1, -0.05) is 28.1 Å². The molecule has 0 bridgehead atoms. The Hall–Kier alpha value is -0.910. The van der Waals surface area contributed by atoms with E-state index in [-0.39, 0.29) is 6.42 Å². The molecule has 5 heteroatoms. The van der Waals surface area contributed by atoms with Gasteiger partial charge in [-0.05, 0) is 24.1 Å². The fraction of sp³-hybridized carbons (Fsp3) is 0.417. The van der Waals surface area contributed by atoms with Gasteiger partial charge in [-0.2, -0.15) is 0 Å². The van der Waals surface area contributed by atoms with Gasteiger partial charge >= 0.3 is 5.97 Å². The van der Waals surface area contributed by atoms with E-state index >= 15 is 0 Å². The minimum atomic E-state index is -1.17. The maximum Gasteiger partial charge on any atom is 0.308 e. The highest BCUT2D eigenvalue weighted by molar-refractivity contribution is 9.10. The van der Waals surface area contributed by atoms with Crippen molar-refractivity contribution in [3.05, 3.63) is 33.8 Å². The monoisotopic (exact) mass is 302 g/mol. The number of methoxy groups -OCH3 is 1. The van der Waals surface area contributed by atoms with Crippen LogP contribution >= 0.6 is 15.9 Å². The van der Waals surface area contributed by atoms with Crippen LogP contribution in [0.25, 0.3) is 0 Å². The zero-order valence-electron chi connectivity index (χ0n) is 9.68. The number of carbonyl (C=O) groups excluding carboxylic acids is 1. The van der Waals surface area contributed by atoms with Gasteiger partial charge in [-0.25, -0.2) is 0 Å². The van der Waals surface area contributed by atoms with Crippen molar-refractivity contribution in [1.29, 1.82) is 0 Å². The van der Waals surface area contributed by atoms with E-state index in [4.69, 9.17) is 0 Å². The quantitative estimate of drug-likeness (QED) is 0.831. The molecule has 0 radical (unpaired) electrons. The molecule has 0 aliphatic heterocycles. The first-order valence-corrected chi connectivity index (χ1v) is 5.94. The average Bonchev–Trinajstić information content (AvgIpc) is 2.31. The van der Waals surface area contributed by atoms with Crippen molar-refractivity contribution < 1.29 is 19.7 Å². The molecule has 0 saturated carbocycles. The summed E-state index contributed by atoms with van der Waals surface area (Å²) in [5.41, 5.74) is 1.59. The molecule has 4 nitrogen and oxygen atoms in total. The van der Waals surface area contributed by atoms with Crippen LogP contribution in [0.15, 0.2) is 22.7 Å². The molecule has 0 heterocycles. The Morgan fingerprint density at radius 3 is 2.65 bits per heavy atom. The number of ether oxygens (including phenoxy) is 1. The van der Waals surface area contributed by atoms with E-state index < -0.39 is 18.2 Å². The number of aliphatic hydroxyl groups excluding tert-OH is 2. The van der Waals surface area contributed by atoms with Gasteiger partial charge in [0.25, 0.3) is 0 Å². The second kappa shape index (κ2) is 6.14. The molecule has 94 valence electrons. The third-order valence-electron chi connectivity index (χ3n) is 2.51. The topological polar surface area (TPSA) is 66.8 Å². The molecule has 2 atom stereocenters. The molecular formula is C12H15BrO4. The molecular weight excluding hydrogens is 288 g/mol. The number of esters is 1. The van der Waals surface area contributed by atoms with Gasteiger partial charge < -0.3 is 14.9 Å². The minimum absolute atomic E-state index is 0.233. The zero-order valence-corrected chi connectivity index (χ0v) is 11.3. The number of hydrogen-bond donors (Lipinski definition) is 2. The molecule has 17 heavy (non-hydrogen) atoms. The molecule has 0 fully saturated rings. The van der Waals surface area contributed by atoms with Crippen LogP contribution in [0.2, 0.25) is 0 Å². The molecule has 1 aromatic carbocycles. The SMILES string of the molecule is COC(=O)CC(O)C(O)c1ccc(C)c(Br)c1. The van der Waals surface area contributed by atoms with Crippen molar-refractivity contribution in [3.8, 4) is 0 Å². The molecule has 0 saturated heterocycles. The fourth-order valence-corrected chi connectivity index (χ4v) is 1.78. The number of halogens is 1. The minimum Gasteiger partial charge on any atom is -0.469 e. The molecule has 1 rings (SSSR count). The second-order valence-corrected chi connectivity index (χ2v) is 4.66. The molecule has 0 aromatic heterocycles. The van der Waals surface area contributed by atoms with E-state index in [2.05, 4.69) is 20.7 Å². The molecule has 0 amide bonds. The largest absolute Gasteiger partial charge is 0.469 e. The number of hydrogen-bond acceptors (Lipinski definition) is 4. The lowest BCUT2D eigenvalue weighted by molar-refractivity contribution is -0.144. The molecule has 1 aromatic rings. The number of rotatable bonds is 4. The van der Waals surface area contributed by atoms with Gasteiger partial charge in [0, 0.05) is 4.47 Å². The molecule has 0 aliphatic rings. The van der Waals surface area contributed by atoms with Crippen LogP contribution in [0.1, 0.15) is 23.7 Å². The maximum absolute atomic E-state index is 11.0. The average molecular weight is 303 g/mol. The molecule has 0 spiro atoms. The number of carbonyl (C=O) groups is 1. The Morgan fingerprint density at radius 1 is 1.47 bits per heavy atom. The van der Waals surface area contributed by atoms with Gasteiger partial charge in [-0.3, -0.25) is 4.79 Å². The van der Waals surface area contributed by atoms with Crippen molar-refractivity contribution >= 4 is 21.9 Å². The van der Waals surface area contributed by atoms with Crippen molar-refractivity contribution in [3.63, 3.8) is 0 Å². The van der Waals surface area contributed by atoms with Gasteiger partial charge in [0.05, 0.1) is 19.6 Å². The van der Waals surface area contributed by atoms with Gasteiger partial charge in [0.2, 0.25) is 0 Å². The first-order chi connectivity index (χ1) is 7.95. The van der Waals surface area contributed by atoms with E-state index in [0.29, 0.717) is 5.56 Å². The summed E-state index contributed by atoms with van der Waals surface area (Å²) < 4.78 is 5.28. The predicted molar refractivity (Wildman–Crippen MR) is 66.5 cm³/mol. The maximum atomic E-state index is 11.0. The van der Waals surface area contributed by atoms with Crippen molar-refractivity contribution in [1.82, 2.24) is 0 Å². The van der Waals surface area contributed by atoms with E-state index in [1.165, 1.54) is 7.11 Å². The van der Waals surface area contributed by atoms with Crippen LogP contribution in [-0.2, 0) is 9.53 Å². The Morgan fingerprint density at radius 2 is 2.12 bits per heavy atom. The van der Waals surface area contributed by atoms with Gasteiger partial charge in [0.1, 0.15) is 6.10 Å². The normalized spacial score (nSPS) is 14.2. The summed E-state index contributed by atoms with van der Waals surface area (Å²) in [5.74, 6) is -0.553. The second-order valence-electron chi connectivity index (χ2n) is 3.80. The lowest BCUT2D eigenvalue weighted by atomic mass is 10.0. The van der Waals surface area contributed by atoms with Crippen LogP contribution < -0.4 is 0 Å². The predicted octanol–water partition coefficient (Wildman–Crippen LogP) is 1.71. The van der Waals surface area contributed by atoms with Crippen LogP contribution in [-0.4, -0.2) is 29.4 Å². The Kier molecular flexibility index (Phi) is 5.11. The van der Waals surface area contributed by atoms with Gasteiger partial charge in [-0.15, -0.1) is 0 Å².